The van der Waals surface area contributed by atoms with Crippen LogP contribution in [-0.4, -0.2) is 10.2 Å². The van der Waals surface area contributed by atoms with Crippen molar-refractivity contribution in [3.63, 3.8) is 0 Å². The molecule has 0 aliphatic carbocycles. The van der Waals surface area contributed by atoms with Crippen molar-refractivity contribution in [1.29, 1.82) is 0 Å². The first kappa shape index (κ1) is 11.5. The summed E-state index contributed by atoms with van der Waals surface area (Å²) >= 11 is 0. The number of phenols is 2. The molecule has 2 aromatic rings. The van der Waals surface area contributed by atoms with Crippen LogP contribution in [0.15, 0.2) is 30.3 Å². The third-order valence-electron chi connectivity index (χ3n) is 3.13. The predicted octanol–water partition coefficient (Wildman–Crippen LogP) is 3.69. The maximum atomic E-state index is 9.87. The highest BCUT2D eigenvalue weighted by molar-refractivity contribution is 5.73. The highest BCUT2D eigenvalue weighted by atomic mass is 16.3. The highest BCUT2D eigenvalue weighted by Crippen LogP contribution is 2.35. The van der Waals surface area contributed by atoms with Crippen LogP contribution in [-0.2, 0) is 0 Å². The van der Waals surface area contributed by atoms with Crippen molar-refractivity contribution in [2.24, 2.45) is 0 Å². The molecular weight excluding hydrogens is 212 g/mol. The van der Waals surface area contributed by atoms with Crippen molar-refractivity contribution in [2.75, 3.05) is 0 Å². The topological polar surface area (TPSA) is 40.5 Å². The summed E-state index contributed by atoms with van der Waals surface area (Å²) in [5, 5.41) is 19.4. The minimum Gasteiger partial charge on any atom is -0.508 e. The first-order valence-corrected chi connectivity index (χ1v) is 5.59. The molecule has 0 amide bonds. The van der Waals surface area contributed by atoms with Crippen LogP contribution >= 0.6 is 0 Å². The van der Waals surface area contributed by atoms with E-state index >= 15 is 0 Å². The van der Waals surface area contributed by atoms with Crippen LogP contribution in [0.3, 0.4) is 0 Å². The van der Waals surface area contributed by atoms with Gasteiger partial charge in [-0.1, -0.05) is 18.2 Å². The van der Waals surface area contributed by atoms with Crippen LogP contribution in [0.5, 0.6) is 11.5 Å². The number of hydrogen-bond donors (Lipinski definition) is 2. The first-order valence-electron chi connectivity index (χ1n) is 5.59. The van der Waals surface area contributed by atoms with E-state index in [1.807, 2.05) is 32.0 Å². The Morgan fingerprint density at radius 1 is 0.706 bits per heavy atom. The molecule has 0 heterocycles. The standard InChI is InChI=1S/C15H16O2/c1-9-4-5-12(6-10(9)2)13-7-11(3)14(16)8-15(13)17/h4-8,16-17H,1-3H3. The van der Waals surface area contributed by atoms with Gasteiger partial charge in [0.15, 0.2) is 0 Å². The maximum absolute atomic E-state index is 9.87. The first-order chi connectivity index (χ1) is 7.99. The van der Waals surface area contributed by atoms with Gasteiger partial charge in [0.05, 0.1) is 0 Å². The predicted molar refractivity (Wildman–Crippen MR) is 69.4 cm³/mol. The zero-order valence-electron chi connectivity index (χ0n) is 10.3. The lowest BCUT2D eigenvalue weighted by molar-refractivity contribution is 0.449. The van der Waals surface area contributed by atoms with Crippen LogP contribution in [0.2, 0.25) is 0 Å². The van der Waals surface area contributed by atoms with Crippen molar-refractivity contribution in [3.05, 3.63) is 47.0 Å². The fraction of sp³-hybridized carbons (Fsp3) is 0.200. The van der Waals surface area contributed by atoms with Crippen molar-refractivity contribution in [1.82, 2.24) is 0 Å². The zero-order chi connectivity index (χ0) is 12.6. The van der Waals surface area contributed by atoms with Gasteiger partial charge in [0, 0.05) is 11.6 Å². The fourth-order valence-electron chi connectivity index (χ4n) is 1.83. The van der Waals surface area contributed by atoms with Gasteiger partial charge in [-0.05, 0) is 49.1 Å². The molecule has 0 bridgehead atoms. The SMILES string of the molecule is Cc1ccc(-c2cc(C)c(O)cc2O)cc1C. The van der Waals surface area contributed by atoms with Gasteiger partial charge in [-0.3, -0.25) is 0 Å². The number of rotatable bonds is 1. The molecule has 17 heavy (non-hydrogen) atoms. The molecule has 0 aromatic heterocycles. The molecule has 2 aromatic carbocycles. The minimum absolute atomic E-state index is 0.108. The van der Waals surface area contributed by atoms with Gasteiger partial charge >= 0.3 is 0 Å². The van der Waals surface area contributed by atoms with Crippen LogP contribution in [0, 0.1) is 20.8 Å². The molecule has 0 saturated carbocycles. The summed E-state index contributed by atoms with van der Waals surface area (Å²) in [5.74, 6) is 0.228. The third kappa shape index (κ3) is 2.11. The van der Waals surface area contributed by atoms with Crippen LogP contribution in [0.1, 0.15) is 16.7 Å². The van der Waals surface area contributed by atoms with Crippen LogP contribution in [0.4, 0.5) is 0 Å². The van der Waals surface area contributed by atoms with Gasteiger partial charge in [-0.25, -0.2) is 0 Å². The molecule has 0 unspecified atom stereocenters. The van der Waals surface area contributed by atoms with Crippen molar-refractivity contribution < 1.29 is 10.2 Å². The minimum atomic E-state index is 0.108. The van der Waals surface area contributed by atoms with E-state index in [2.05, 4.69) is 6.92 Å². The van der Waals surface area contributed by atoms with E-state index in [1.165, 1.54) is 17.2 Å². The normalized spacial score (nSPS) is 10.5. The lowest BCUT2D eigenvalue weighted by Gasteiger charge is -2.09. The molecule has 2 nitrogen and oxygen atoms in total. The number of hydrogen-bond acceptors (Lipinski definition) is 2. The molecule has 0 aliphatic rings. The Balaban J connectivity index is 2.60. The number of aryl methyl sites for hydroxylation is 3. The number of aromatic hydroxyl groups is 2. The number of benzene rings is 2. The van der Waals surface area contributed by atoms with Gasteiger partial charge in [0.2, 0.25) is 0 Å². The summed E-state index contributed by atoms with van der Waals surface area (Å²) in [6.07, 6.45) is 0. The second-order valence-electron chi connectivity index (χ2n) is 4.45. The average molecular weight is 228 g/mol. The van der Waals surface area contributed by atoms with E-state index in [4.69, 9.17) is 0 Å². The molecule has 0 aliphatic heterocycles. The molecule has 0 spiro atoms. The Hall–Kier alpha value is -1.96. The van der Waals surface area contributed by atoms with Crippen molar-refractivity contribution in [3.8, 4) is 22.6 Å². The van der Waals surface area contributed by atoms with E-state index < -0.39 is 0 Å². The Labute approximate surface area is 101 Å². The Kier molecular flexibility index (Phi) is 2.80. The molecule has 2 heteroatoms. The van der Waals surface area contributed by atoms with Gasteiger partial charge < -0.3 is 10.2 Å². The summed E-state index contributed by atoms with van der Waals surface area (Å²) in [6, 6.07) is 9.25. The molecule has 0 atom stereocenters. The Bertz CT molecular complexity index is 571. The largest absolute Gasteiger partial charge is 0.508 e. The van der Waals surface area contributed by atoms with E-state index in [-0.39, 0.29) is 11.5 Å². The summed E-state index contributed by atoms with van der Waals surface area (Å²) in [6.45, 7) is 5.92. The summed E-state index contributed by atoms with van der Waals surface area (Å²) in [7, 11) is 0. The van der Waals surface area contributed by atoms with E-state index in [1.54, 1.807) is 6.07 Å². The van der Waals surface area contributed by atoms with Gasteiger partial charge in [-0.15, -0.1) is 0 Å². The molecule has 0 radical (unpaired) electrons. The van der Waals surface area contributed by atoms with Gasteiger partial charge in [-0.2, -0.15) is 0 Å². The molecular formula is C15H16O2. The zero-order valence-corrected chi connectivity index (χ0v) is 10.3. The average Bonchev–Trinajstić information content (AvgIpc) is 2.27. The lowest BCUT2D eigenvalue weighted by Crippen LogP contribution is -1.86. The van der Waals surface area contributed by atoms with Crippen molar-refractivity contribution in [2.45, 2.75) is 20.8 Å². The molecule has 2 N–H and O–H groups in total. The Morgan fingerprint density at radius 2 is 1.41 bits per heavy atom. The van der Waals surface area contributed by atoms with E-state index in [0.29, 0.717) is 0 Å². The van der Waals surface area contributed by atoms with Gasteiger partial charge in [0.25, 0.3) is 0 Å². The lowest BCUT2D eigenvalue weighted by atomic mass is 9.98. The van der Waals surface area contributed by atoms with E-state index in [9.17, 15) is 10.2 Å². The van der Waals surface area contributed by atoms with E-state index in [0.717, 1.165) is 16.7 Å². The molecule has 88 valence electrons. The summed E-state index contributed by atoms with van der Waals surface area (Å²) < 4.78 is 0. The smallest absolute Gasteiger partial charge is 0.127 e. The summed E-state index contributed by atoms with van der Waals surface area (Å²) in [5.41, 5.74) is 4.89. The number of phenolic OH excluding ortho intramolecular Hbond substituents is 2. The van der Waals surface area contributed by atoms with Crippen LogP contribution in [0.25, 0.3) is 11.1 Å². The van der Waals surface area contributed by atoms with Crippen LogP contribution < -0.4 is 0 Å². The summed E-state index contributed by atoms with van der Waals surface area (Å²) in [4.78, 5) is 0. The second kappa shape index (κ2) is 4.13. The fourth-order valence-corrected chi connectivity index (χ4v) is 1.83. The molecule has 0 fully saturated rings. The second-order valence-corrected chi connectivity index (χ2v) is 4.45. The van der Waals surface area contributed by atoms with Gasteiger partial charge in [0.1, 0.15) is 11.5 Å². The monoisotopic (exact) mass is 228 g/mol. The van der Waals surface area contributed by atoms with Crippen molar-refractivity contribution >= 4 is 0 Å². The highest BCUT2D eigenvalue weighted by Gasteiger charge is 2.08. The third-order valence-corrected chi connectivity index (χ3v) is 3.13. The molecule has 0 saturated heterocycles. The molecule has 2 rings (SSSR count). The Morgan fingerprint density at radius 3 is 2.06 bits per heavy atom. The maximum Gasteiger partial charge on any atom is 0.127 e. The quantitative estimate of drug-likeness (QED) is 0.781.